The van der Waals surface area contributed by atoms with Crippen molar-refractivity contribution in [2.24, 2.45) is 0 Å². The highest BCUT2D eigenvalue weighted by Crippen LogP contribution is 2.27. The molecule has 1 nitrogen and oxygen atoms in total. The van der Waals surface area contributed by atoms with Gasteiger partial charge in [0.15, 0.2) is 0 Å². The van der Waals surface area contributed by atoms with Crippen molar-refractivity contribution in [2.75, 3.05) is 13.1 Å². The fourth-order valence-electron chi connectivity index (χ4n) is 2.27. The fraction of sp³-hybridized carbons (Fsp3) is 0.538. The van der Waals surface area contributed by atoms with Crippen LogP contribution in [0.1, 0.15) is 25.3 Å². The Balaban J connectivity index is 1.95. The topological polar surface area (TPSA) is 3.24 Å². The van der Waals surface area contributed by atoms with Gasteiger partial charge in [-0.2, -0.15) is 0 Å². The predicted octanol–water partition coefficient (Wildman–Crippen LogP) is 3.28. The number of alkyl halides is 1. The van der Waals surface area contributed by atoms with Crippen LogP contribution in [0.3, 0.4) is 0 Å². The molecule has 1 aliphatic heterocycles. The molecule has 1 aliphatic rings. The average molecular weight is 224 g/mol. The molecule has 82 valence electrons. The highest BCUT2D eigenvalue weighted by atomic mass is 35.5. The molecule has 1 saturated heterocycles. The lowest BCUT2D eigenvalue weighted by atomic mass is 9.99. The van der Waals surface area contributed by atoms with Gasteiger partial charge in [-0.1, -0.05) is 30.3 Å². The number of hydrogen-bond donors (Lipinski definition) is 0. The summed E-state index contributed by atoms with van der Waals surface area (Å²) in [6, 6.07) is 10.6. The van der Waals surface area contributed by atoms with Crippen LogP contribution in [0.5, 0.6) is 0 Å². The van der Waals surface area contributed by atoms with Crippen LogP contribution in [-0.4, -0.2) is 22.9 Å². The number of hydrogen-bond acceptors (Lipinski definition) is 1. The molecule has 0 N–H and O–H groups in total. The van der Waals surface area contributed by atoms with E-state index in [1.807, 2.05) is 0 Å². The molecular formula is C13H18ClN. The largest absolute Gasteiger partial charge is 0.297 e. The first kappa shape index (κ1) is 11.0. The third-order valence-electron chi connectivity index (χ3n) is 2.97. The number of rotatable bonds is 2. The summed E-state index contributed by atoms with van der Waals surface area (Å²) in [5.74, 6) is 0. The molecule has 15 heavy (non-hydrogen) atoms. The maximum Gasteiger partial charge on any atom is 0.0545 e. The van der Waals surface area contributed by atoms with E-state index in [1.165, 1.54) is 18.5 Å². The summed E-state index contributed by atoms with van der Waals surface area (Å²) in [4.78, 5) is 2.43. The first-order chi connectivity index (χ1) is 7.16. The van der Waals surface area contributed by atoms with Crippen LogP contribution < -0.4 is 0 Å². The van der Waals surface area contributed by atoms with Crippen molar-refractivity contribution in [3.63, 3.8) is 0 Å². The minimum Gasteiger partial charge on any atom is -0.297 e. The van der Waals surface area contributed by atoms with Crippen molar-refractivity contribution in [3.8, 4) is 0 Å². The third-order valence-corrected chi connectivity index (χ3v) is 3.28. The van der Waals surface area contributed by atoms with Gasteiger partial charge in [-0.25, -0.2) is 0 Å². The van der Waals surface area contributed by atoms with Crippen LogP contribution in [0, 0.1) is 0 Å². The van der Waals surface area contributed by atoms with Gasteiger partial charge < -0.3 is 0 Å². The Morgan fingerprint density at radius 1 is 1.33 bits per heavy atom. The van der Waals surface area contributed by atoms with E-state index in [2.05, 4.69) is 42.2 Å². The molecule has 0 bridgehead atoms. The number of halogens is 1. The molecule has 0 aliphatic carbocycles. The van der Waals surface area contributed by atoms with E-state index in [9.17, 15) is 0 Å². The molecular weight excluding hydrogens is 206 g/mol. The van der Waals surface area contributed by atoms with Crippen LogP contribution >= 0.6 is 11.6 Å². The first-order valence-corrected chi connectivity index (χ1v) is 5.99. The maximum atomic E-state index is 6.39. The number of likely N-dealkylation sites (tertiary alicyclic amines) is 1. The molecule has 0 aromatic heterocycles. The van der Waals surface area contributed by atoms with Crippen LogP contribution in [0.4, 0.5) is 0 Å². The molecule has 2 rings (SSSR count). The Bertz CT molecular complexity index is 308. The van der Waals surface area contributed by atoms with Gasteiger partial charge in [0.25, 0.3) is 0 Å². The van der Waals surface area contributed by atoms with E-state index in [1.54, 1.807) is 0 Å². The van der Waals surface area contributed by atoms with Crippen molar-refractivity contribution in [2.45, 2.75) is 31.2 Å². The summed E-state index contributed by atoms with van der Waals surface area (Å²) in [5, 5.41) is 0. The summed E-state index contributed by atoms with van der Waals surface area (Å²) >= 11 is 6.39. The molecule has 1 aromatic carbocycles. The zero-order valence-electron chi connectivity index (χ0n) is 9.25. The molecule has 1 atom stereocenters. The van der Waals surface area contributed by atoms with Crippen LogP contribution in [-0.2, 0) is 6.54 Å². The Kier molecular flexibility index (Phi) is 3.32. The molecule has 0 saturated carbocycles. The van der Waals surface area contributed by atoms with Crippen LogP contribution in [0.25, 0.3) is 0 Å². The second kappa shape index (κ2) is 4.54. The van der Waals surface area contributed by atoms with E-state index in [0.29, 0.717) is 0 Å². The third kappa shape index (κ3) is 3.22. The van der Waals surface area contributed by atoms with Gasteiger partial charge in [0, 0.05) is 13.1 Å². The smallest absolute Gasteiger partial charge is 0.0545 e. The van der Waals surface area contributed by atoms with Gasteiger partial charge in [-0.05, 0) is 31.9 Å². The molecule has 0 spiro atoms. The van der Waals surface area contributed by atoms with E-state index in [4.69, 9.17) is 11.6 Å². The molecule has 0 radical (unpaired) electrons. The zero-order chi connectivity index (χ0) is 10.7. The average Bonchev–Trinajstić information content (AvgIpc) is 2.17. The maximum absolute atomic E-state index is 6.39. The first-order valence-electron chi connectivity index (χ1n) is 5.61. The van der Waals surface area contributed by atoms with Crippen molar-refractivity contribution in [1.82, 2.24) is 4.90 Å². The van der Waals surface area contributed by atoms with E-state index < -0.39 is 0 Å². The highest BCUT2D eigenvalue weighted by Gasteiger charge is 2.28. The standard InChI is InChI=1S/C13H18ClN/c1-13(14)8-5-9-15(11-13)10-12-6-3-2-4-7-12/h2-4,6-7H,5,8-11H2,1H3/t13-/m0/s1. The number of benzene rings is 1. The van der Waals surface area contributed by atoms with Crippen molar-refractivity contribution < 1.29 is 0 Å². The quantitative estimate of drug-likeness (QED) is 0.696. The van der Waals surface area contributed by atoms with Gasteiger partial charge in [0.2, 0.25) is 0 Å². The van der Waals surface area contributed by atoms with Gasteiger partial charge in [-0.3, -0.25) is 4.90 Å². The Morgan fingerprint density at radius 2 is 2.07 bits per heavy atom. The number of nitrogens with zero attached hydrogens (tertiary/aromatic N) is 1. The Hall–Kier alpha value is -0.530. The summed E-state index contributed by atoms with van der Waals surface area (Å²) in [6.45, 7) is 5.36. The summed E-state index contributed by atoms with van der Waals surface area (Å²) in [5.41, 5.74) is 1.38. The minimum absolute atomic E-state index is 0.0208. The molecule has 1 fully saturated rings. The van der Waals surface area contributed by atoms with Crippen molar-refractivity contribution in [1.29, 1.82) is 0 Å². The normalized spacial score (nSPS) is 27.9. The summed E-state index contributed by atoms with van der Waals surface area (Å²) in [6.07, 6.45) is 2.35. The molecule has 1 aromatic rings. The molecule has 2 heteroatoms. The van der Waals surface area contributed by atoms with Crippen LogP contribution in [0.15, 0.2) is 30.3 Å². The number of piperidine rings is 1. The fourth-order valence-corrected chi connectivity index (χ4v) is 2.57. The lowest BCUT2D eigenvalue weighted by Crippen LogP contribution is -2.42. The minimum atomic E-state index is -0.0208. The monoisotopic (exact) mass is 223 g/mol. The predicted molar refractivity (Wildman–Crippen MR) is 65.2 cm³/mol. The summed E-state index contributed by atoms with van der Waals surface area (Å²) in [7, 11) is 0. The second-order valence-corrected chi connectivity index (χ2v) is 5.63. The Labute approximate surface area is 97.0 Å². The van der Waals surface area contributed by atoms with Gasteiger partial charge in [0.1, 0.15) is 0 Å². The molecule has 0 unspecified atom stereocenters. The van der Waals surface area contributed by atoms with E-state index in [-0.39, 0.29) is 4.87 Å². The van der Waals surface area contributed by atoms with E-state index in [0.717, 1.165) is 19.5 Å². The Morgan fingerprint density at radius 3 is 2.73 bits per heavy atom. The summed E-state index contributed by atoms with van der Waals surface area (Å²) < 4.78 is 0. The molecule has 1 heterocycles. The van der Waals surface area contributed by atoms with Crippen LogP contribution in [0.2, 0.25) is 0 Å². The van der Waals surface area contributed by atoms with Crippen molar-refractivity contribution >= 4 is 11.6 Å². The van der Waals surface area contributed by atoms with Crippen molar-refractivity contribution in [3.05, 3.63) is 35.9 Å². The lowest BCUT2D eigenvalue weighted by molar-refractivity contribution is 0.190. The highest BCUT2D eigenvalue weighted by molar-refractivity contribution is 6.23. The zero-order valence-corrected chi connectivity index (χ0v) is 10.0. The molecule has 0 amide bonds. The van der Waals surface area contributed by atoms with Gasteiger partial charge in [-0.15, -0.1) is 11.6 Å². The SMILES string of the molecule is C[C@]1(Cl)CCCN(Cc2ccccc2)C1. The van der Waals surface area contributed by atoms with Gasteiger partial charge >= 0.3 is 0 Å². The van der Waals surface area contributed by atoms with Gasteiger partial charge in [0.05, 0.1) is 4.87 Å². The lowest BCUT2D eigenvalue weighted by Gasteiger charge is -2.36. The van der Waals surface area contributed by atoms with E-state index >= 15 is 0 Å². The second-order valence-electron chi connectivity index (χ2n) is 4.71.